The number of carboxylic acids is 1. The van der Waals surface area contributed by atoms with Crippen LogP contribution in [0.5, 0.6) is 0 Å². The first-order chi connectivity index (χ1) is 17.9. The lowest BCUT2D eigenvalue weighted by Gasteiger charge is -2.59. The molecular formula is C34H52O4. The molecule has 3 saturated carbocycles. The highest BCUT2D eigenvalue weighted by Gasteiger charge is 2.59. The molecule has 0 spiro atoms. The Balaban J connectivity index is 1.47. The van der Waals surface area contributed by atoms with E-state index in [0.29, 0.717) is 17.3 Å². The third-order valence-electron chi connectivity index (χ3n) is 12.0. The van der Waals surface area contributed by atoms with Gasteiger partial charge in [0.1, 0.15) is 6.10 Å². The zero-order chi connectivity index (χ0) is 27.8. The van der Waals surface area contributed by atoms with Crippen LogP contribution in [0.3, 0.4) is 0 Å². The Morgan fingerprint density at radius 3 is 2.42 bits per heavy atom. The first-order valence-corrected chi connectivity index (χ1v) is 15.4. The van der Waals surface area contributed by atoms with Crippen LogP contribution in [0.25, 0.3) is 0 Å². The van der Waals surface area contributed by atoms with E-state index in [1.54, 1.807) is 11.1 Å². The van der Waals surface area contributed by atoms with Gasteiger partial charge in [-0.25, -0.2) is 9.59 Å². The van der Waals surface area contributed by atoms with E-state index in [1.807, 2.05) is 0 Å². The number of fused-ring (bicyclic) bond motifs is 5. The van der Waals surface area contributed by atoms with E-state index < -0.39 is 11.9 Å². The number of allylic oxidation sites excluding steroid dienone is 4. The van der Waals surface area contributed by atoms with Crippen molar-refractivity contribution in [2.24, 2.45) is 46.3 Å². The summed E-state index contributed by atoms with van der Waals surface area (Å²) in [6, 6.07) is 0. The van der Waals surface area contributed by atoms with Crippen LogP contribution in [-0.4, -0.2) is 23.1 Å². The van der Waals surface area contributed by atoms with Gasteiger partial charge in [0.2, 0.25) is 0 Å². The number of carbonyl (C=O) groups excluding carboxylic acids is 1. The van der Waals surface area contributed by atoms with E-state index >= 15 is 0 Å². The topological polar surface area (TPSA) is 63.6 Å². The van der Waals surface area contributed by atoms with Crippen molar-refractivity contribution in [3.63, 3.8) is 0 Å². The third kappa shape index (κ3) is 5.30. The molecule has 4 aliphatic rings. The molecule has 0 bridgehead atoms. The summed E-state index contributed by atoms with van der Waals surface area (Å²) in [5.41, 5.74) is 5.63. The summed E-state index contributed by atoms with van der Waals surface area (Å²) in [5, 5.41) is 8.82. The molecule has 9 atom stereocenters. The van der Waals surface area contributed by atoms with Crippen molar-refractivity contribution in [2.75, 3.05) is 0 Å². The Hall–Kier alpha value is -1.84. The highest BCUT2D eigenvalue weighted by Crippen LogP contribution is 2.67. The molecule has 9 unspecified atom stereocenters. The minimum absolute atomic E-state index is 0.131. The molecule has 0 saturated heterocycles. The molecule has 0 radical (unpaired) electrons. The zero-order valence-corrected chi connectivity index (χ0v) is 25.0. The Kier molecular flexibility index (Phi) is 8.70. The quantitative estimate of drug-likeness (QED) is 0.196. The van der Waals surface area contributed by atoms with Crippen LogP contribution in [0.4, 0.5) is 0 Å². The highest BCUT2D eigenvalue weighted by molar-refractivity contribution is 5.90. The summed E-state index contributed by atoms with van der Waals surface area (Å²) in [6.07, 6.45) is 16.6. The van der Waals surface area contributed by atoms with Crippen molar-refractivity contribution in [2.45, 2.75) is 119 Å². The Morgan fingerprint density at radius 2 is 1.76 bits per heavy atom. The number of carbonyl (C=O) groups is 2. The van der Waals surface area contributed by atoms with Crippen LogP contribution in [0, 0.1) is 46.3 Å². The molecular weight excluding hydrogens is 472 g/mol. The molecule has 38 heavy (non-hydrogen) atoms. The zero-order valence-electron chi connectivity index (χ0n) is 25.0. The average Bonchev–Trinajstić information content (AvgIpc) is 3.22. The van der Waals surface area contributed by atoms with Gasteiger partial charge in [0, 0.05) is 12.2 Å². The molecule has 4 rings (SSSR count). The highest BCUT2D eigenvalue weighted by atomic mass is 16.5. The maximum Gasteiger partial charge on any atom is 0.331 e. The van der Waals surface area contributed by atoms with Crippen molar-refractivity contribution < 1.29 is 19.4 Å². The van der Waals surface area contributed by atoms with Crippen LogP contribution in [0.15, 0.2) is 34.9 Å². The van der Waals surface area contributed by atoms with Crippen molar-refractivity contribution in [1.29, 1.82) is 0 Å². The van der Waals surface area contributed by atoms with Crippen molar-refractivity contribution >= 4 is 11.9 Å². The molecule has 0 amide bonds. The molecule has 0 aromatic heterocycles. The van der Waals surface area contributed by atoms with Gasteiger partial charge >= 0.3 is 11.9 Å². The lowest BCUT2D eigenvalue weighted by molar-refractivity contribution is -0.156. The molecule has 4 aliphatic carbocycles. The van der Waals surface area contributed by atoms with Crippen molar-refractivity contribution in [3.8, 4) is 0 Å². The second-order valence-corrected chi connectivity index (χ2v) is 13.9. The first kappa shape index (κ1) is 29.2. The SMILES string of the molecule is CCC(CCC(C)C1CCC2C3=CCC4C(C)C(OC(=O)/C=C/C(=O)O)CCC4(C)C3CCC21C)=C(C)C. The van der Waals surface area contributed by atoms with E-state index in [1.165, 1.54) is 50.5 Å². The van der Waals surface area contributed by atoms with E-state index in [-0.39, 0.29) is 17.4 Å². The number of aliphatic carboxylic acids is 1. The molecule has 0 heterocycles. The maximum absolute atomic E-state index is 12.2. The fourth-order valence-corrected chi connectivity index (χ4v) is 9.78. The fourth-order valence-electron chi connectivity index (χ4n) is 9.78. The van der Waals surface area contributed by atoms with Gasteiger partial charge in [-0.05, 0) is 124 Å². The van der Waals surface area contributed by atoms with Crippen LogP contribution in [-0.2, 0) is 14.3 Å². The van der Waals surface area contributed by atoms with Crippen LogP contribution in [0.2, 0.25) is 0 Å². The van der Waals surface area contributed by atoms with Gasteiger partial charge in [-0.15, -0.1) is 0 Å². The molecule has 212 valence electrons. The van der Waals surface area contributed by atoms with Gasteiger partial charge in [-0.2, -0.15) is 0 Å². The lowest BCUT2D eigenvalue weighted by atomic mass is 9.46. The van der Waals surface area contributed by atoms with Gasteiger partial charge in [-0.1, -0.05) is 57.4 Å². The Morgan fingerprint density at radius 1 is 1.08 bits per heavy atom. The average molecular weight is 525 g/mol. The molecule has 0 aliphatic heterocycles. The van der Waals surface area contributed by atoms with Crippen LogP contribution in [0.1, 0.15) is 113 Å². The number of rotatable bonds is 8. The lowest BCUT2D eigenvalue weighted by Crippen LogP contribution is -2.53. The molecule has 0 aromatic carbocycles. The predicted molar refractivity (Wildman–Crippen MR) is 153 cm³/mol. The summed E-state index contributed by atoms with van der Waals surface area (Å²) in [6.45, 7) is 16.8. The standard InChI is InChI=1S/C34H52O4/c1-8-24(21(2)3)10-9-22(4)26-13-14-28-25-11-12-27-23(5)30(38-32(37)16-15-31(35)36)18-20-34(27,7)29(25)17-19-33(26,28)6/h11,15-16,22-23,26-30H,8-10,12-14,17-20H2,1-7H3,(H,35,36)/b16-15+. The van der Waals surface area contributed by atoms with Crippen LogP contribution >= 0.6 is 0 Å². The van der Waals surface area contributed by atoms with Gasteiger partial charge in [0.25, 0.3) is 0 Å². The molecule has 4 nitrogen and oxygen atoms in total. The first-order valence-electron chi connectivity index (χ1n) is 15.4. The summed E-state index contributed by atoms with van der Waals surface area (Å²) >= 11 is 0. The smallest absolute Gasteiger partial charge is 0.331 e. The van der Waals surface area contributed by atoms with Gasteiger partial charge in [0.05, 0.1) is 0 Å². The summed E-state index contributed by atoms with van der Waals surface area (Å²) in [7, 11) is 0. The number of esters is 1. The van der Waals surface area contributed by atoms with Crippen molar-refractivity contribution in [3.05, 3.63) is 34.9 Å². The number of hydrogen-bond donors (Lipinski definition) is 1. The van der Waals surface area contributed by atoms with E-state index in [0.717, 1.165) is 49.2 Å². The second-order valence-electron chi connectivity index (χ2n) is 13.9. The minimum Gasteiger partial charge on any atom is -0.478 e. The van der Waals surface area contributed by atoms with Gasteiger partial charge in [0.15, 0.2) is 0 Å². The van der Waals surface area contributed by atoms with Gasteiger partial charge < -0.3 is 9.84 Å². The predicted octanol–water partition coefficient (Wildman–Crippen LogP) is 8.53. The second kappa shape index (κ2) is 11.3. The van der Waals surface area contributed by atoms with Crippen molar-refractivity contribution in [1.82, 2.24) is 0 Å². The third-order valence-corrected chi connectivity index (χ3v) is 12.0. The van der Waals surface area contributed by atoms with Gasteiger partial charge in [-0.3, -0.25) is 0 Å². The summed E-state index contributed by atoms with van der Waals surface area (Å²) in [5.74, 6) is 2.10. The number of hydrogen-bond acceptors (Lipinski definition) is 3. The van der Waals surface area contributed by atoms with E-state index in [9.17, 15) is 9.59 Å². The van der Waals surface area contributed by atoms with E-state index in [2.05, 4.69) is 54.5 Å². The number of ether oxygens (including phenoxy) is 1. The largest absolute Gasteiger partial charge is 0.478 e. The normalized spacial score (nSPS) is 39.0. The van der Waals surface area contributed by atoms with Crippen LogP contribution < -0.4 is 0 Å². The number of carboxylic acid groups (broad SMARTS) is 1. The molecule has 4 heteroatoms. The minimum atomic E-state index is -1.12. The maximum atomic E-state index is 12.2. The molecule has 1 N–H and O–H groups in total. The molecule has 3 fully saturated rings. The fraction of sp³-hybridized carbons (Fsp3) is 0.765. The Bertz CT molecular complexity index is 1000. The summed E-state index contributed by atoms with van der Waals surface area (Å²) < 4.78 is 5.76. The summed E-state index contributed by atoms with van der Waals surface area (Å²) in [4.78, 5) is 23.0. The molecule has 0 aromatic rings. The monoisotopic (exact) mass is 524 g/mol. The van der Waals surface area contributed by atoms with E-state index in [4.69, 9.17) is 9.84 Å². The Labute approximate surface area is 231 Å².